The summed E-state index contributed by atoms with van der Waals surface area (Å²) in [5, 5.41) is 5.14. The first-order valence-corrected chi connectivity index (χ1v) is 9.18. The van der Waals surface area contributed by atoms with Crippen LogP contribution in [0.15, 0.2) is 42.7 Å². The predicted octanol–water partition coefficient (Wildman–Crippen LogP) is 3.45. The average Bonchev–Trinajstić information content (AvgIpc) is 2.72. The summed E-state index contributed by atoms with van der Waals surface area (Å²) >= 11 is 6.23. The molecule has 0 radical (unpaired) electrons. The number of piperazine rings is 1. The number of rotatable bonds is 4. The second kappa shape index (κ2) is 7.58. The molecule has 6 nitrogen and oxygen atoms in total. The lowest BCUT2D eigenvalue weighted by molar-refractivity contribution is 0.355. The highest BCUT2D eigenvalue weighted by molar-refractivity contribution is 6.30. The van der Waals surface area contributed by atoms with E-state index in [2.05, 4.69) is 26.3 Å². The van der Waals surface area contributed by atoms with Crippen LogP contribution in [0.2, 0.25) is 5.02 Å². The smallest absolute Gasteiger partial charge is 0.162 e. The van der Waals surface area contributed by atoms with Gasteiger partial charge in [0, 0.05) is 36.1 Å². The fraction of sp³-hybridized carbons (Fsp3) is 0.300. The Morgan fingerprint density at radius 2 is 1.93 bits per heavy atom. The van der Waals surface area contributed by atoms with Gasteiger partial charge in [0.15, 0.2) is 11.5 Å². The molecule has 1 unspecified atom stereocenters. The van der Waals surface area contributed by atoms with E-state index in [0.717, 1.165) is 46.9 Å². The summed E-state index contributed by atoms with van der Waals surface area (Å²) in [6.07, 6.45) is 1.60. The molecule has 1 fully saturated rings. The molecule has 27 heavy (non-hydrogen) atoms. The fourth-order valence-corrected chi connectivity index (χ4v) is 3.77. The van der Waals surface area contributed by atoms with Crippen LogP contribution in [0, 0.1) is 0 Å². The lowest BCUT2D eigenvalue weighted by Gasteiger charge is -2.38. The van der Waals surface area contributed by atoms with Gasteiger partial charge < -0.3 is 19.7 Å². The molecule has 0 amide bonds. The molecule has 140 valence electrons. The maximum Gasteiger partial charge on any atom is 0.162 e. The minimum absolute atomic E-state index is 0.128. The minimum Gasteiger partial charge on any atom is -0.493 e. The maximum absolute atomic E-state index is 6.23. The van der Waals surface area contributed by atoms with E-state index >= 15 is 0 Å². The van der Waals surface area contributed by atoms with Crippen LogP contribution >= 0.6 is 11.6 Å². The fourth-order valence-electron chi connectivity index (χ4n) is 3.57. The summed E-state index contributed by atoms with van der Waals surface area (Å²) in [7, 11) is 3.25. The third kappa shape index (κ3) is 3.38. The second-order valence-electron chi connectivity index (χ2n) is 6.39. The molecule has 1 aliphatic heterocycles. The van der Waals surface area contributed by atoms with Crippen molar-refractivity contribution in [2.75, 3.05) is 38.8 Å². The van der Waals surface area contributed by atoms with Crippen LogP contribution < -0.4 is 19.7 Å². The Labute approximate surface area is 163 Å². The zero-order valence-electron chi connectivity index (χ0n) is 15.3. The van der Waals surface area contributed by atoms with E-state index in [1.807, 2.05) is 30.3 Å². The van der Waals surface area contributed by atoms with Crippen LogP contribution in [-0.4, -0.2) is 43.8 Å². The molecule has 0 bridgehead atoms. The Bertz CT molecular complexity index is 966. The molecule has 4 rings (SSSR count). The summed E-state index contributed by atoms with van der Waals surface area (Å²) in [4.78, 5) is 11.3. The van der Waals surface area contributed by atoms with Crippen molar-refractivity contribution in [1.82, 2.24) is 15.3 Å². The van der Waals surface area contributed by atoms with Crippen molar-refractivity contribution in [2.45, 2.75) is 6.04 Å². The lowest BCUT2D eigenvalue weighted by atomic mass is 10.0. The van der Waals surface area contributed by atoms with Gasteiger partial charge in [0.25, 0.3) is 0 Å². The van der Waals surface area contributed by atoms with Crippen molar-refractivity contribution < 1.29 is 9.47 Å². The number of hydrogen-bond acceptors (Lipinski definition) is 6. The van der Waals surface area contributed by atoms with E-state index in [1.165, 1.54) is 0 Å². The Hall–Kier alpha value is -2.57. The Morgan fingerprint density at radius 3 is 2.70 bits per heavy atom. The number of fused-ring (bicyclic) bond motifs is 1. The number of ether oxygens (including phenoxy) is 2. The summed E-state index contributed by atoms with van der Waals surface area (Å²) in [5.41, 5.74) is 1.97. The molecule has 1 saturated heterocycles. The van der Waals surface area contributed by atoms with Gasteiger partial charge >= 0.3 is 0 Å². The van der Waals surface area contributed by atoms with Crippen LogP contribution in [0.5, 0.6) is 11.5 Å². The van der Waals surface area contributed by atoms with Crippen LogP contribution in [0.3, 0.4) is 0 Å². The summed E-state index contributed by atoms with van der Waals surface area (Å²) in [5.74, 6) is 2.20. The minimum atomic E-state index is 0.128. The average molecular weight is 385 g/mol. The quantitative estimate of drug-likeness (QED) is 0.743. The van der Waals surface area contributed by atoms with Crippen molar-refractivity contribution in [3.05, 3.63) is 53.3 Å². The number of nitrogens with zero attached hydrogens (tertiary/aromatic N) is 3. The number of hydrogen-bond donors (Lipinski definition) is 1. The molecular weight excluding hydrogens is 364 g/mol. The van der Waals surface area contributed by atoms with E-state index in [4.69, 9.17) is 21.1 Å². The van der Waals surface area contributed by atoms with Crippen molar-refractivity contribution in [3.8, 4) is 11.5 Å². The van der Waals surface area contributed by atoms with Crippen molar-refractivity contribution in [1.29, 1.82) is 0 Å². The van der Waals surface area contributed by atoms with Gasteiger partial charge in [0.2, 0.25) is 0 Å². The van der Waals surface area contributed by atoms with Crippen molar-refractivity contribution >= 4 is 28.3 Å². The standard InChI is InChI=1S/C20H21ClN4O2/c1-26-18-9-15-16(10-19(18)27-2)23-12-24-20(15)25-7-6-22-11-17(25)13-4-3-5-14(21)8-13/h3-5,8-10,12,17,22H,6-7,11H2,1-2H3. The normalized spacial score (nSPS) is 17.1. The molecule has 2 heterocycles. The SMILES string of the molecule is COc1cc2ncnc(N3CCNCC3c3cccc(Cl)c3)c2cc1OC. The number of halogens is 1. The molecule has 1 aromatic heterocycles. The Kier molecular flexibility index (Phi) is 5.01. The molecule has 0 saturated carbocycles. The number of aromatic nitrogens is 2. The van der Waals surface area contributed by atoms with Crippen LogP contribution in [0.4, 0.5) is 5.82 Å². The van der Waals surface area contributed by atoms with E-state index in [1.54, 1.807) is 20.5 Å². The second-order valence-corrected chi connectivity index (χ2v) is 6.83. The highest BCUT2D eigenvalue weighted by Crippen LogP contribution is 2.37. The lowest BCUT2D eigenvalue weighted by Crippen LogP contribution is -2.46. The molecule has 1 N–H and O–H groups in total. The first-order valence-electron chi connectivity index (χ1n) is 8.81. The highest BCUT2D eigenvalue weighted by atomic mass is 35.5. The molecular formula is C20H21ClN4O2. The van der Waals surface area contributed by atoms with E-state index in [-0.39, 0.29) is 6.04 Å². The monoisotopic (exact) mass is 384 g/mol. The van der Waals surface area contributed by atoms with Gasteiger partial charge in [-0.15, -0.1) is 0 Å². The zero-order valence-corrected chi connectivity index (χ0v) is 16.0. The van der Waals surface area contributed by atoms with Gasteiger partial charge in [-0.05, 0) is 23.8 Å². The Balaban J connectivity index is 1.83. The van der Waals surface area contributed by atoms with Crippen LogP contribution in [0.1, 0.15) is 11.6 Å². The highest BCUT2D eigenvalue weighted by Gasteiger charge is 2.27. The number of benzene rings is 2. The van der Waals surface area contributed by atoms with Gasteiger partial charge in [-0.25, -0.2) is 9.97 Å². The summed E-state index contributed by atoms with van der Waals surface area (Å²) < 4.78 is 10.9. The number of methoxy groups -OCH3 is 2. The van der Waals surface area contributed by atoms with Crippen LogP contribution in [0.25, 0.3) is 10.9 Å². The predicted molar refractivity (Wildman–Crippen MR) is 107 cm³/mol. The molecule has 0 spiro atoms. The van der Waals surface area contributed by atoms with E-state index in [0.29, 0.717) is 11.5 Å². The zero-order chi connectivity index (χ0) is 18.8. The van der Waals surface area contributed by atoms with E-state index < -0.39 is 0 Å². The third-order valence-corrected chi connectivity index (χ3v) is 5.10. The molecule has 3 aromatic rings. The molecule has 2 aromatic carbocycles. The van der Waals surface area contributed by atoms with Gasteiger partial charge in [-0.2, -0.15) is 0 Å². The first-order chi connectivity index (χ1) is 13.2. The van der Waals surface area contributed by atoms with Gasteiger partial charge in [-0.3, -0.25) is 0 Å². The largest absolute Gasteiger partial charge is 0.493 e. The number of anilines is 1. The molecule has 7 heteroatoms. The molecule has 1 atom stereocenters. The number of nitrogens with one attached hydrogen (secondary N) is 1. The Morgan fingerprint density at radius 1 is 1.11 bits per heavy atom. The van der Waals surface area contributed by atoms with Crippen molar-refractivity contribution in [3.63, 3.8) is 0 Å². The third-order valence-electron chi connectivity index (χ3n) is 4.87. The molecule has 0 aliphatic carbocycles. The van der Waals surface area contributed by atoms with Gasteiger partial charge in [-0.1, -0.05) is 23.7 Å². The van der Waals surface area contributed by atoms with E-state index in [9.17, 15) is 0 Å². The van der Waals surface area contributed by atoms with Gasteiger partial charge in [0.1, 0.15) is 12.1 Å². The molecule has 1 aliphatic rings. The summed E-state index contributed by atoms with van der Waals surface area (Å²) in [6.45, 7) is 2.53. The first kappa shape index (κ1) is 17.8. The van der Waals surface area contributed by atoms with Crippen LogP contribution in [-0.2, 0) is 0 Å². The van der Waals surface area contributed by atoms with Gasteiger partial charge in [0.05, 0.1) is 25.8 Å². The topological polar surface area (TPSA) is 59.5 Å². The van der Waals surface area contributed by atoms with Crippen molar-refractivity contribution in [2.24, 2.45) is 0 Å². The summed E-state index contributed by atoms with van der Waals surface area (Å²) in [6, 6.07) is 11.9. The maximum atomic E-state index is 6.23.